The average Bonchev–Trinajstić information content (AvgIpc) is 2.84. The van der Waals surface area contributed by atoms with Gasteiger partial charge in [-0.25, -0.2) is 4.98 Å². The molecule has 6 heteroatoms. The van der Waals surface area contributed by atoms with Crippen LogP contribution in [0.25, 0.3) is 0 Å². The standard InChI is InChI=1S/C13H14Br2N2OS/c1-2-9-6-17-12(19-9)7-16-5-8-3-10(14)13(18)11(15)4-8/h3-4,6,16,18H,2,5,7H2,1H3. The minimum atomic E-state index is 0.233. The maximum Gasteiger partial charge on any atom is 0.143 e. The van der Waals surface area contributed by atoms with E-state index in [0.29, 0.717) is 8.95 Å². The molecule has 1 aromatic heterocycles. The summed E-state index contributed by atoms with van der Waals surface area (Å²) in [5.74, 6) is 0.233. The number of aromatic nitrogens is 1. The van der Waals surface area contributed by atoms with Crippen molar-refractivity contribution in [2.75, 3.05) is 0 Å². The van der Waals surface area contributed by atoms with Crippen LogP contribution in [-0.2, 0) is 19.5 Å². The second-order valence-corrected chi connectivity index (χ2v) is 6.99. The van der Waals surface area contributed by atoms with Crippen LogP contribution in [-0.4, -0.2) is 10.1 Å². The quantitative estimate of drug-likeness (QED) is 0.782. The summed E-state index contributed by atoms with van der Waals surface area (Å²) in [6, 6.07) is 3.82. The van der Waals surface area contributed by atoms with E-state index >= 15 is 0 Å². The highest BCUT2D eigenvalue weighted by molar-refractivity contribution is 9.11. The van der Waals surface area contributed by atoms with Gasteiger partial charge in [0.05, 0.1) is 8.95 Å². The first-order valence-electron chi connectivity index (χ1n) is 5.91. The molecule has 0 aliphatic carbocycles. The summed E-state index contributed by atoms with van der Waals surface area (Å²) in [4.78, 5) is 5.68. The molecule has 0 fully saturated rings. The second-order valence-electron chi connectivity index (χ2n) is 4.09. The number of nitrogens with zero attached hydrogens (tertiary/aromatic N) is 1. The van der Waals surface area contributed by atoms with Crippen LogP contribution in [0.15, 0.2) is 27.3 Å². The molecular formula is C13H14Br2N2OS. The third-order valence-electron chi connectivity index (χ3n) is 2.63. The van der Waals surface area contributed by atoms with Crippen molar-refractivity contribution in [2.24, 2.45) is 0 Å². The van der Waals surface area contributed by atoms with Gasteiger partial charge in [0.25, 0.3) is 0 Å². The first kappa shape index (κ1) is 15.0. The number of nitrogens with one attached hydrogen (secondary N) is 1. The van der Waals surface area contributed by atoms with Crippen molar-refractivity contribution in [3.05, 3.63) is 42.7 Å². The van der Waals surface area contributed by atoms with Gasteiger partial charge < -0.3 is 10.4 Å². The van der Waals surface area contributed by atoms with Crippen LogP contribution in [0.2, 0.25) is 0 Å². The van der Waals surface area contributed by atoms with Crippen LogP contribution in [0.5, 0.6) is 5.75 Å². The summed E-state index contributed by atoms with van der Waals surface area (Å²) < 4.78 is 1.39. The van der Waals surface area contributed by atoms with Crippen LogP contribution in [0.3, 0.4) is 0 Å². The van der Waals surface area contributed by atoms with Gasteiger partial charge in [0.15, 0.2) is 0 Å². The molecule has 0 aliphatic rings. The molecule has 0 atom stereocenters. The monoisotopic (exact) mass is 404 g/mol. The Morgan fingerprint density at radius 2 is 1.95 bits per heavy atom. The zero-order valence-corrected chi connectivity index (χ0v) is 14.4. The number of hydrogen-bond acceptors (Lipinski definition) is 4. The predicted octanol–water partition coefficient (Wildman–Crippen LogP) is 4.23. The first-order chi connectivity index (χ1) is 9.10. The number of benzene rings is 1. The third-order valence-corrected chi connectivity index (χ3v) is 4.98. The Kier molecular flexibility index (Phi) is 5.38. The fraction of sp³-hybridized carbons (Fsp3) is 0.308. The van der Waals surface area contributed by atoms with Crippen LogP contribution < -0.4 is 5.32 Å². The number of aromatic hydroxyl groups is 1. The number of thiazole rings is 1. The second kappa shape index (κ2) is 6.83. The molecule has 102 valence electrons. The molecule has 0 unspecified atom stereocenters. The summed E-state index contributed by atoms with van der Waals surface area (Å²) in [6.45, 7) is 3.63. The topological polar surface area (TPSA) is 45.2 Å². The van der Waals surface area contributed by atoms with Gasteiger partial charge in [-0.1, -0.05) is 6.92 Å². The lowest BCUT2D eigenvalue weighted by Crippen LogP contribution is -2.12. The van der Waals surface area contributed by atoms with Crippen molar-refractivity contribution in [2.45, 2.75) is 26.4 Å². The summed E-state index contributed by atoms with van der Waals surface area (Å²) >= 11 is 8.40. The van der Waals surface area contributed by atoms with Crippen molar-refractivity contribution >= 4 is 43.2 Å². The van der Waals surface area contributed by atoms with Gasteiger partial charge in [0, 0.05) is 24.2 Å². The van der Waals surface area contributed by atoms with Crippen LogP contribution >= 0.6 is 43.2 Å². The van der Waals surface area contributed by atoms with E-state index in [4.69, 9.17) is 0 Å². The predicted molar refractivity (Wildman–Crippen MR) is 85.5 cm³/mol. The number of phenols is 1. The normalized spacial score (nSPS) is 10.9. The fourth-order valence-electron chi connectivity index (χ4n) is 1.63. The van der Waals surface area contributed by atoms with Crippen LogP contribution in [0, 0.1) is 0 Å². The van der Waals surface area contributed by atoms with Crippen LogP contribution in [0.4, 0.5) is 0 Å². The Morgan fingerprint density at radius 3 is 2.53 bits per heavy atom. The highest BCUT2D eigenvalue weighted by atomic mass is 79.9. The Balaban J connectivity index is 1.92. The van der Waals surface area contributed by atoms with E-state index in [-0.39, 0.29) is 5.75 Å². The number of aryl methyl sites for hydroxylation is 1. The molecule has 2 rings (SSSR count). The van der Waals surface area contributed by atoms with Crippen molar-refractivity contribution in [3.63, 3.8) is 0 Å². The van der Waals surface area contributed by atoms with E-state index in [1.165, 1.54) is 4.88 Å². The molecule has 1 heterocycles. The van der Waals surface area contributed by atoms with Gasteiger partial charge in [-0.3, -0.25) is 0 Å². The molecule has 0 aliphatic heterocycles. The first-order valence-corrected chi connectivity index (χ1v) is 8.31. The minimum Gasteiger partial charge on any atom is -0.506 e. The number of halogens is 2. The summed E-state index contributed by atoms with van der Waals surface area (Å²) in [5.41, 5.74) is 1.10. The van der Waals surface area contributed by atoms with E-state index in [9.17, 15) is 5.11 Å². The van der Waals surface area contributed by atoms with Crippen LogP contribution in [0.1, 0.15) is 22.4 Å². The van der Waals surface area contributed by atoms with Gasteiger partial charge >= 0.3 is 0 Å². The van der Waals surface area contributed by atoms with E-state index in [1.807, 2.05) is 18.3 Å². The van der Waals surface area contributed by atoms with Gasteiger partial charge in [0.2, 0.25) is 0 Å². The largest absolute Gasteiger partial charge is 0.506 e. The average molecular weight is 406 g/mol. The van der Waals surface area contributed by atoms with Crippen molar-refractivity contribution in [3.8, 4) is 5.75 Å². The Hall–Kier alpha value is -0.430. The van der Waals surface area contributed by atoms with E-state index in [0.717, 1.165) is 30.1 Å². The molecule has 3 nitrogen and oxygen atoms in total. The Morgan fingerprint density at radius 1 is 1.26 bits per heavy atom. The Bertz CT molecular complexity index is 549. The van der Waals surface area contributed by atoms with Crippen molar-refractivity contribution in [1.82, 2.24) is 10.3 Å². The molecule has 0 spiro atoms. The fourth-order valence-corrected chi connectivity index (χ4v) is 3.74. The highest BCUT2D eigenvalue weighted by Gasteiger charge is 2.06. The maximum atomic E-state index is 9.64. The van der Waals surface area contributed by atoms with Crippen molar-refractivity contribution in [1.29, 1.82) is 0 Å². The summed E-state index contributed by atoms with van der Waals surface area (Å²) in [7, 11) is 0. The zero-order valence-electron chi connectivity index (χ0n) is 10.4. The third kappa shape index (κ3) is 4.02. The molecule has 0 amide bonds. The number of rotatable bonds is 5. The molecule has 1 aromatic carbocycles. The molecular weight excluding hydrogens is 392 g/mol. The molecule has 0 saturated carbocycles. The van der Waals surface area contributed by atoms with E-state index < -0.39 is 0 Å². The van der Waals surface area contributed by atoms with Gasteiger partial charge in [-0.2, -0.15) is 0 Å². The van der Waals surface area contributed by atoms with E-state index in [1.54, 1.807) is 11.3 Å². The number of phenolic OH excluding ortho intramolecular Hbond substituents is 1. The van der Waals surface area contributed by atoms with E-state index in [2.05, 4.69) is 49.1 Å². The smallest absolute Gasteiger partial charge is 0.143 e. The van der Waals surface area contributed by atoms with Gasteiger partial charge in [0.1, 0.15) is 10.8 Å². The van der Waals surface area contributed by atoms with Crippen molar-refractivity contribution < 1.29 is 5.11 Å². The lowest BCUT2D eigenvalue weighted by molar-refractivity contribution is 0.468. The zero-order chi connectivity index (χ0) is 13.8. The lowest BCUT2D eigenvalue weighted by atomic mass is 10.2. The lowest BCUT2D eigenvalue weighted by Gasteiger charge is -2.06. The number of hydrogen-bond donors (Lipinski definition) is 2. The SMILES string of the molecule is CCc1cnc(CNCc2cc(Br)c(O)c(Br)c2)s1. The van der Waals surface area contributed by atoms with Gasteiger partial charge in [-0.15, -0.1) is 11.3 Å². The van der Waals surface area contributed by atoms with Gasteiger partial charge in [-0.05, 0) is 56.0 Å². The molecule has 2 N–H and O–H groups in total. The maximum absolute atomic E-state index is 9.64. The molecule has 0 radical (unpaired) electrons. The molecule has 19 heavy (non-hydrogen) atoms. The Labute approximate surface area is 133 Å². The summed E-state index contributed by atoms with van der Waals surface area (Å²) in [6.07, 6.45) is 2.98. The highest BCUT2D eigenvalue weighted by Crippen LogP contribution is 2.33. The molecule has 2 aromatic rings. The molecule has 0 bridgehead atoms. The molecule has 0 saturated heterocycles. The minimum absolute atomic E-state index is 0.233. The summed E-state index contributed by atoms with van der Waals surface area (Å²) in [5, 5.41) is 14.1.